The molecule has 0 bridgehead atoms. The first-order valence-corrected chi connectivity index (χ1v) is 2.74. The highest BCUT2D eigenvalue weighted by Crippen LogP contribution is 1.93. The van der Waals surface area contributed by atoms with Crippen molar-refractivity contribution in [1.29, 1.82) is 0 Å². The molecule has 0 fully saturated rings. The predicted octanol–water partition coefficient (Wildman–Crippen LogP) is -0.737. The quantitative estimate of drug-likeness (QED) is 0.457. The van der Waals surface area contributed by atoms with Gasteiger partial charge < -0.3 is 15.9 Å². The van der Waals surface area contributed by atoms with Crippen molar-refractivity contribution in [2.45, 2.75) is 18.9 Å². The molecule has 0 aliphatic heterocycles. The summed E-state index contributed by atoms with van der Waals surface area (Å²) in [5.41, 5.74) is 5.00. The fourth-order valence-electron chi connectivity index (χ4n) is 0.402. The number of carbonyl (C=O) groups is 2. The average molecular weight is 149 g/mol. The van der Waals surface area contributed by atoms with Gasteiger partial charge in [-0.05, 0) is 6.42 Å². The lowest BCUT2D eigenvalue weighted by atomic mass is 10.3. The number of hydrogen-bond donors (Lipinski definition) is 3. The molecule has 5 nitrogen and oxygen atoms in total. The molecule has 0 aromatic carbocycles. The van der Waals surface area contributed by atoms with Gasteiger partial charge in [0.25, 0.3) is 0 Å². The molecule has 5 heteroatoms. The van der Waals surface area contributed by atoms with Crippen molar-refractivity contribution < 1.29 is 19.8 Å². The fourth-order valence-corrected chi connectivity index (χ4v) is 0.402. The normalized spacial score (nSPS) is 12.5. The Bertz CT molecular complexity index is 145. The molecular formula is C5H9NO4. The first-order valence-electron chi connectivity index (χ1n) is 2.74. The summed E-state index contributed by atoms with van der Waals surface area (Å²) < 4.78 is 0. The highest BCUT2D eigenvalue weighted by molar-refractivity contribution is 5.74. The zero-order valence-corrected chi connectivity index (χ0v) is 5.28. The van der Waals surface area contributed by atoms with Crippen LogP contribution in [0.5, 0.6) is 0 Å². The Labute approximate surface area is 57.5 Å². The third kappa shape index (κ3) is 3.85. The van der Waals surface area contributed by atoms with Crippen LogP contribution in [0.2, 0.25) is 0 Å². The van der Waals surface area contributed by atoms with Crippen LogP contribution in [0.25, 0.3) is 0 Å². The first-order chi connectivity index (χ1) is 4.54. The minimum Gasteiger partial charge on any atom is -0.481 e. The van der Waals surface area contributed by atoms with E-state index >= 15 is 0 Å². The van der Waals surface area contributed by atoms with Crippen molar-refractivity contribution in [2.24, 2.45) is 5.73 Å². The van der Waals surface area contributed by atoms with Gasteiger partial charge in [0, 0.05) is 6.42 Å². The number of rotatable bonds is 4. The summed E-state index contributed by atoms with van der Waals surface area (Å²) in [6.45, 7) is 0. The molecule has 1 atom stereocenters. The van der Waals surface area contributed by atoms with Crippen LogP contribution in [0.4, 0.5) is 0 Å². The van der Waals surface area contributed by atoms with Gasteiger partial charge in [-0.3, -0.25) is 9.59 Å². The maximum absolute atomic E-state index is 9.99. The van der Waals surface area contributed by atoms with Gasteiger partial charge in [0.1, 0.15) is 6.04 Å². The summed E-state index contributed by atoms with van der Waals surface area (Å²) in [6, 6.07) is -1.06. The van der Waals surface area contributed by atoms with Gasteiger partial charge in [0.05, 0.1) is 0 Å². The number of hydrogen-bond acceptors (Lipinski definition) is 3. The predicted molar refractivity (Wildman–Crippen MR) is 32.5 cm³/mol. The monoisotopic (exact) mass is 149 g/mol. The van der Waals surface area contributed by atoms with E-state index in [1.54, 1.807) is 0 Å². The van der Waals surface area contributed by atoms with E-state index in [0.29, 0.717) is 0 Å². The third-order valence-electron chi connectivity index (χ3n) is 0.986. The van der Waals surface area contributed by atoms with Crippen molar-refractivity contribution in [3.8, 4) is 0 Å². The summed E-state index contributed by atoms with van der Waals surface area (Å²) in [5.74, 6) is -2.20. The van der Waals surface area contributed by atoms with Crippen molar-refractivity contribution >= 4 is 11.9 Å². The second-order valence-electron chi connectivity index (χ2n) is 1.88. The standard InChI is InChI=1S/C5H9NO4/c6-3(5(9)10)1-2-4(7)8/h3H,1-2,6H2,(H,7,8)(H,9,10)/t3-/m0/s1/i4+1,5+1. The van der Waals surface area contributed by atoms with Gasteiger partial charge in [-0.25, -0.2) is 0 Å². The van der Waals surface area contributed by atoms with Crippen molar-refractivity contribution in [2.75, 3.05) is 0 Å². The molecule has 0 rings (SSSR count). The van der Waals surface area contributed by atoms with Gasteiger partial charge in [-0.1, -0.05) is 0 Å². The molecule has 0 saturated heterocycles. The fraction of sp³-hybridized carbons (Fsp3) is 0.600. The van der Waals surface area contributed by atoms with E-state index in [4.69, 9.17) is 15.9 Å². The minimum atomic E-state index is -1.17. The molecule has 4 N–H and O–H groups in total. The van der Waals surface area contributed by atoms with Gasteiger partial charge in [-0.15, -0.1) is 0 Å². The Kier molecular flexibility index (Phi) is 3.42. The van der Waals surface area contributed by atoms with E-state index in [1.165, 1.54) is 0 Å². The highest BCUT2D eigenvalue weighted by Gasteiger charge is 2.12. The SMILES string of the molecule is N[C@@H](CC[13C](=O)O)[13C](=O)O. The third-order valence-corrected chi connectivity index (χ3v) is 0.986. The van der Waals surface area contributed by atoms with Gasteiger partial charge >= 0.3 is 11.9 Å². The second kappa shape index (κ2) is 3.84. The molecule has 0 heterocycles. The molecule has 0 aromatic heterocycles. The van der Waals surface area contributed by atoms with Crippen LogP contribution in [0, 0.1) is 0 Å². The number of aliphatic carboxylic acids is 2. The Morgan fingerprint density at radius 3 is 2.20 bits per heavy atom. The van der Waals surface area contributed by atoms with Crippen LogP contribution < -0.4 is 5.73 Å². The van der Waals surface area contributed by atoms with Crippen LogP contribution >= 0.6 is 0 Å². The molecule has 0 unspecified atom stereocenters. The molecule has 0 aromatic rings. The summed E-state index contributed by atoms with van der Waals surface area (Å²) in [5, 5.41) is 16.3. The highest BCUT2D eigenvalue weighted by atomic mass is 16.5. The molecule has 0 saturated carbocycles. The van der Waals surface area contributed by atoms with Crippen molar-refractivity contribution in [1.82, 2.24) is 0 Å². The molecule has 10 heavy (non-hydrogen) atoms. The Morgan fingerprint density at radius 2 is 1.90 bits per heavy atom. The van der Waals surface area contributed by atoms with Crippen LogP contribution in [-0.4, -0.2) is 28.2 Å². The summed E-state index contributed by atoms with van der Waals surface area (Å²) in [7, 11) is 0. The van der Waals surface area contributed by atoms with Gasteiger partial charge in [0.2, 0.25) is 0 Å². The number of nitrogens with two attached hydrogens (primary N) is 1. The van der Waals surface area contributed by atoms with Crippen LogP contribution in [-0.2, 0) is 9.59 Å². The lowest BCUT2D eigenvalue weighted by molar-refractivity contribution is -0.139. The molecule has 0 aliphatic carbocycles. The minimum absolute atomic E-state index is 0.0231. The Balaban J connectivity index is 3.49. The van der Waals surface area contributed by atoms with Crippen LogP contribution in [0.15, 0.2) is 0 Å². The largest absolute Gasteiger partial charge is 0.481 e. The van der Waals surface area contributed by atoms with E-state index in [0.717, 1.165) is 0 Å². The smallest absolute Gasteiger partial charge is 0.320 e. The topological polar surface area (TPSA) is 101 Å². The molecule has 0 radical (unpaired) electrons. The molecule has 0 amide bonds. The molecule has 0 aliphatic rings. The van der Waals surface area contributed by atoms with E-state index in [2.05, 4.69) is 0 Å². The molecule has 58 valence electrons. The zero-order valence-electron chi connectivity index (χ0n) is 5.28. The van der Waals surface area contributed by atoms with Crippen LogP contribution in [0.1, 0.15) is 12.8 Å². The van der Waals surface area contributed by atoms with Crippen molar-refractivity contribution in [3.63, 3.8) is 0 Å². The Hall–Kier alpha value is -1.10. The first kappa shape index (κ1) is 8.90. The second-order valence-corrected chi connectivity index (χ2v) is 1.88. The molecule has 0 spiro atoms. The number of carboxylic acids is 2. The maximum atomic E-state index is 9.99. The van der Waals surface area contributed by atoms with Gasteiger partial charge in [0.15, 0.2) is 0 Å². The number of carboxylic acid groups (broad SMARTS) is 2. The van der Waals surface area contributed by atoms with E-state index in [-0.39, 0.29) is 12.8 Å². The summed E-state index contributed by atoms with van der Waals surface area (Å²) >= 11 is 0. The van der Waals surface area contributed by atoms with E-state index in [9.17, 15) is 9.59 Å². The Morgan fingerprint density at radius 1 is 1.40 bits per heavy atom. The maximum Gasteiger partial charge on any atom is 0.320 e. The zero-order chi connectivity index (χ0) is 8.15. The van der Waals surface area contributed by atoms with Gasteiger partial charge in [-0.2, -0.15) is 0 Å². The van der Waals surface area contributed by atoms with E-state index < -0.39 is 18.0 Å². The van der Waals surface area contributed by atoms with E-state index in [1.807, 2.05) is 0 Å². The van der Waals surface area contributed by atoms with Crippen molar-refractivity contribution in [3.05, 3.63) is 0 Å². The molecular weight excluding hydrogens is 140 g/mol. The van der Waals surface area contributed by atoms with Crippen LogP contribution in [0.3, 0.4) is 0 Å². The lowest BCUT2D eigenvalue weighted by Crippen LogP contribution is -2.30. The summed E-state index contributed by atoms with van der Waals surface area (Å²) in [6.07, 6.45) is -0.224. The average Bonchev–Trinajstić information content (AvgIpc) is 1.82. The summed E-state index contributed by atoms with van der Waals surface area (Å²) in [4.78, 5) is 19.9. The lowest BCUT2D eigenvalue weighted by Gasteiger charge is -2.01.